The van der Waals surface area contributed by atoms with Crippen LogP contribution in [0.1, 0.15) is 5.56 Å². The highest BCUT2D eigenvalue weighted by Crippen LogP contribution is 2.37. The summed E-state index contributed by atoms with van der Waals surface area (Å²) in [6, 6.07) is 4.89. The first-order valence-corrected chi connectivity index (χ1v) is 8.21. The van der Waals surface area contributed by atoms with Crippen LogP contribution in [0.4, 0.5) is 26.7 Å². The smallest absolute Gasteiger partial charge is 0.328 e. The van der Waals surface area contributed by atoms with Gasteiger partial charge in [0.15, 0.2) is 23.3 Å². The molecule has 152 valence electrons. The number of rotatable bonds is 2. The van der Waals surface area contributed by atoms with Crippen LogP contribution in [0.15, 0.2) is 29.8 Å². The molecule has 1 saturated heterocycles. The zero-order chi connectivity index (χ0) is 21.7. The van der Waals surface area contributed by atoms with E-state index in [1.807, 2.05) is 10.6 Å². The van der Waals surface area contributed by atoms with Crippen molar-refractivity contribution in [3.8, 4) is 11.3 Å². The third kappa shape index (κ3) is 2.82. The molecule has 6 nitrogen and oxygen atoms in total. The predicted octanol–water partition coefficient (Wildman–Crippen LogP) is 3.28. The summed E-state index contributed by atoms with van der Waals surface area (Å²) >= 11 is 0. The summed E-state index contributed by atoms with van der Waals surface area (Å²) in [4.78, 5) is 37.8. The maximum atomic E-state index is 14.4. The first-order valence-electron chi connectivity index (χ1n) is 8.21. The molecule has 0 saturated carbocycles. The highest BCUT2D eigenvalue weighted by atomic mass is 19.2. The number of carbonyl (C=O) groups is 3. The second kappa shape index (κ2) is 6.79. The number of halogens is 5. The number of urea groups is 1. The molecule has 30 heavy (non-hydrogen) atoms. The summed E-state index contributed by atoms with van der Waals surface area (Å²) < 4.78 is 69.8. The molecule has 1 aliphatic heterocycles. The Balaban J connectivity index is 2.06. The van der Waals surface area contributed by atoms with Gasteiger partial charge in [-0.05, 0) is 12.1 Å². The number of hydrogen-bond donors (Lipinski definition) is 3. The van der Waals surface area contributed by atoms with Gasteiger partial charge in [-0.25, -0.2) is 26.7 Å². The van der Waals surface area contributed by atoms with E-state index >= 15 is 0 Å². The van der Waals surface area contributed by atoms with E-state index in [-0.39, 0.29) is 16.5 Å². The van der Waals surface area contributed by atoms with Gasteiger partial charge in [0.25, 0.3) is 11.8 Å². The number of H-pyrrole nitrogens is 1. The number of aromatic amines is 1. The lowest BCUT2D eigenvalue weighted by atomic mass is 10.0. The molecule has 2 aromatic carbocycles. The third-order valence-corrected chi connectivity index (χ3v) is 4.44. The summed E-state index contributed by atoms with van der Waals surface area (Å²) in [5.41, 5.74) is -2.37. The molecule has 0 spiro atoms. The largest absolute Gasteiger partial charge is 0.354 e. The van der Waals surface area contributed by atoms with Gasteiger partial charge in [-0.2, -0.15) is 0 Å². The number of nitrogens with one attached hydrogen (secondary N) is 3. The topological polar surface area (TPSA) is 91.1 Å². The summed E-state index contributed by atoms with van der Waals surface area (Å²) in [6.45, 7) is 0. The summed E-state index contributed by atoms with van der Waals surface area (Å²) in [6.07, 6.45) is 0.892. The Morgan fingerprint density at radius 2 is 1.27 bits per heavy atom. The van der Waals surface area contributed by atoms with Crippen LogP contribution < -0.4 is 10.6 Å². The SMILES string of the molecule is O=C1NC(=O)C(=Cc2c(-c3c(F)c(F)c(F)c(F)c3F)[nH]c3ccccc23)C(=O)N1. The van der Waals surface area contributed by atoms with E-state index in [1.54, 1.807) is 0 Å². The summed E-state index contributed by atoms with van der Waals surface area (Å²) in [5.74, 6) is -13.0. The molecule has 0 radical (unpaired) electrons. The number of imide groups is 2. The van der Waals surface area contributed by atoms with Crippen molar-refractivity contribution in [2.75, 3.05) is 0 Å². The summed E-state index contributed by atoms with van der Waals surface area (Å²) in [5, 5.41) is 3.87. The lowest BCUT2D eigenvalue weighted by molar-refractivity contribution is -0.123. The fourth-order valence-electron chi connectivity index (χ4n) is 3.09. The molecule has 2 heterocycles. The van der Waals surface area contributed by atoms with Crippen molar-refractivity contribution in [3.05, 3.63) is 64.5 Å². The van der Waals surface area contributed by atoms with Gasteiger partial charge in [-0.1, -0.05) is 18.2 Å². The van der Waals surface area contributed by atoms with E-state index in [9.17, 15) is 36.3 Å². The molecule has 0 unspecified atom stereocenters. The molecule has 0 atom stereocenters. The molecule has 1 aliphatic rings. The molecule has 1 aromatic heterocycles. The average Bonchev–Trinajstić information content (AvgIpc) is 3.05. The first kappa shape index (κ1) is 19.3. The van der Waals surface area contributed by atoms with Crippen LogP contribution in [0, 0.1) is 29.1 Å². The third-order valence-electron chi connectivity index (χ3n) is 4.44. The van der Waals surface area contributed by atoms with Crippen LogP contribution >= 0.6 is 0 Å². The number of hydrogen-bond acceptors (Lipinski definition) is 3. The molecule has 1 fully saturated rings. The van der Waals surface area contributed by atoms with Gasteiger partial charge in [0.1, 0.15) is 5.57 Å². The quantitative estimate of drug-likeness (QED) is 0.195. The van der Waals surface area contributed by atoms with Gasteiger partial charge in [-0.15, -0.1) is 0 Å². The maximum absolute atomic E-state index is 14.4. The highest BCUT2D eigenvalue weighted by Gasteiger charge is 2.31. The number of carbonyl (C=O) groups excluding carboxylic acids is 3. The van der Waals surface area contributed by atoms with Crippen molar-refractivity contribution < 1.29 is 36.3 Å². The lowest BCUT2D eigenvalue weighted by Gasteiger charge is -2.14. The molecule has 0 bridgehead atoms. The minimum absolute atomic E-state index is 0.191. The Morgan fingerprint density at radius 3 is 1.87 bits per heavy atom. The Hall–Kier alpha value is -4.02. The Labute approximate surface area is 163 Å². The van der Waals surface area contributed by atoms with Crippen molar-refractivity contribution in [1.29, 1.82) is 0 Å². The van der Waals surface area contributed by atoms with Gasteiger partial charge in [0, 0.05) is 16.5 Å². The van der Waals surface area contributed by atoms with Gasteiger partial charge in [0.05, 0.1) is 11.3 Å². The van der Waals surface area contributed by atoms with Crippen LogP contribution in [-0.2, 0) is 9.59 Å². The summed E-state index contributed by atoms with van der Waals surface area (Å²) in [7, 11) is 0. The molecular formula is C19H8F5N3O3. The van der Waals surface area contributed by atoms with Crippen LogP contribution in [0.25, 0.3) is 28.2 Å². The Kier molecular flexibility index (Phi) is 4.37. The molecule has 11 heteroatoms. The van der Waals surface area contributed by atoms with Crippen LogP contribution in [0.5, 0.6) is 0 Å². The van der Waals surface area contributed by atoms with Crippen molar-refractivity contribution >= 4 is 34.8 Å². The predicted molar refractivity (Wildman–Crippen MR) is 93.2 cm³/mol. The Bertz CT molecular complexity index is 1260. The monoisotopic (exact) mass is 421 g/mol. The normalized spacial score (nSPS) is 14.2. The second-order valence-corrected chi connectivity index (χ2v) is 6.20. The van der Waals surface area contributed by atoms with Gasteiger partial charge in [-0.3, -0.25) is 20.2 Å². The molecule has 0 aliphatic carbocycles. The highest BCUT2D eigenvalue weighted by molar-refractivity contribution is 6.31. The van der Waals surface area contributed by atoms with Gasteiger partial charge < -0.3 is 4.98 Å². The van der Waals surface area contributed by atoms with E-state index in [0.29, 0.717) is 0 Å². The minimum atomic E-state index is -2.32. The van der Waals surface area contributed by atoms with Crippen molar-refractivity contribution in [3.63, 3.8) is 0 Å². The van der Waals surface area contributed by atoms with E-state index in [0.717, 1.165) is 6.08 Å². The fourth-order valence-corrected chi connectivity index (χ4v) is 3.09. The number of amides is 4. The van der Waals surface area contributed by atoms with Gasteiger partial charge >= 0.3 is 6.03 Å². The van der Waals surface area contributed by atoms with Crippen LogP contribution in [-0.4, -0.2) is 22.8 Å². The number of fused-ring (bicyclic) bond motifs is 1. The van der Waals surface area contributed by atoms with Crippen molar-refractivity contribution in [1.82, 2.24) is 15.6 Å². The van der Waals surface area contributed by atoms with E-state index in [4.69, 9.17) is 0 Å². The number of benzene rings is 2. The molecule has 3 N–H and O–H groups in total. The standard InChI is InChI=1S/C19H8F5N3O3/c20-11-10(12(21)14(23)15(24)13(11)22)16-7(6-3-1-2-4-9(6)25-16)5-8-17(28)26-19(30)27-18(8)29/h1-5,25H,(H2,26,27,28,29,30). The average molecular weight is 421 g/mol. The van der Waals surface area contributed by atoms with Crippen molar-refractivity contribution in [2.45, 2.75) is 0 Å². The van der Waals surface area contributed by atoms with E-state index in [2.05, 4.69) is 4.98 Å². The van der Waals surface area contributed by atoms with Crippen molar-refractivity contribution in [2.24, 2.45) is 0 Å². The zero-order valence-electron chi connectivity index (χ0n) is 14.5. The molecular weight excluding hydrogens is 413 g/mol. The second-order valence-electron chi connectivity index (χ2n) is 6.20. The molecule has 4 rings (SSSR count). The Morgan fingerprint density at radius 1 is 0.733 bits per heavy atom. The maximum Gasteiger partial charge on any atom is 0.328 e. The van der Waals surface area contributed by atoms with Gasteiger partial charge in [0.2, 0.25) is 5.82 Å². The number of aromatic nitrogens is 1. The van der Waals surface area contributed by atoms with E-state index in [1.165, 1.54) is 24.3 Å². The first-order chi connectivity index (χ1) is 14.2. The van der Waals surface area contributed by atoms with Crippen LogP contribution in [0.2, 0.25) is 0 Å². The van der Waals surface area contributed by atoms with E-state index < -0.39 is 63.8 Å². The molecule has 4 amide bonds. The zero-order valence-corrected chi connectivity index (χ0v) is 14.5. The minimum Gasteiger partial charge on any atom is -0.354 e. The lowest BCUT2D eigenvalue weighted by Crippen LogP contribution is -2.51. The number of barbiturate groups is 1. The fraction of sp³-hybridized carbons (Fsp3) is 0. The molecule has 3 aromatic rings. The number of para-hydroxylation sites is 1. The van der Waals surface area contributed by atoms with Crippen LogP contribution in [0.3, 0.4) is 0 Å².